The van der Waals surface area contributed by atoms with Gasteiger partial charge in [0.1, 0.15) is 11.9 Å². The first-order valence-electron chi connectivity index (χ1n) is 6.61. The fourth-order valence-electron chi connectivity index (χ4n) is 2.14. The number of aryl methyl sites for hydroxylation is 1. The monoisotopic (exact) mass is 266 g/mol. The molecule has 0 saturated carbocycles. The molecular formula is C16H18N4. The second-order valence-corrected chi connectivity index (χ2v) is 4.63. The van der Waals surface area contributed by atoms with Gasteiger partial charge in [-0.05, 0) is 24.1 Å². The van der Waals surface area contributed by atoms with Gasteiger partial charge in [0, 0.05) is 25.8 Å². The van der Waals surface area contributed by atoms with E-state index in [0.717, 1.165) is 5.56 Å². The van der Waals surface area contributed by atoms with E-state index in [0.29, 0.717) is 31.0 Å². The second kappa shape index (κ2) is 6.69. The van der Waals surface area contributed by atoms with Gasteiger partial charge in [0.25, 0.3) is 0 Å². The average Bonchev–Trinajstić information content (AvgIpc) is 2.47. The Hall–Kier alpha value is -2.38. The van der Waals surface area contributed by atoms with Crippen LogP contribution in [0.2, 0.25) is 0 Å². The van der Waals surface area contributed by atoms with E-state index in [-0.39, 0.29) is 0 Å². The molecule has 1 heterocycles. The Morgan fingerprint density at radius 1 is 1.25 bits per heavy atom. The molecule has 1 aromatic heterocycles. The highest BCUT2D eigenvalue weighted by atomic mass is 15.2. The zero-order valence-electron chi connectivity index (χ0n) is 11.6. The second-order valence-electron chi connectivity index (χ2n) is 4.63. The highest BCUT2D eigenvalue weighted by Crippen LogP contribution is 2.21. The van der Waals surface area contributed by atoms with Crippen LogP contribution >= 0.6 is 0 Å². The van der Waals surface area contributed by atoms with E-state index in [1.165, 1.54) is 5.56 Å². The van der Waals surface area contributed by atoms with Gasteiger partial charge < -0.3 is 10.6 Å². The lowest BCUT2D eigenvalue weighted by Crippen LogP contribution is -2.30. The lowest BCUT2D eigenvalue weighted by atomic mass is 10.1. The van der Waals surface area contributed by atoms with Crippen LogP contribution in [0.25, 0.3) is 0 Å². The summed E-state index contributed by atoms with van der Waals surface area (Å²) in [4.78, 5) is 6.43. The highest BCUT2D eigenvalue weighted by molar-refractivity contribution is 5.57. The lowest BCUT2D eigenvalue weighted by Gasteiger charge is -2.24. The maximum absolute atomic E-state index is 9.33. The Morgan fingerprint density at radius 3 is 2.65 bits per heavy atom. The van der Waals surface area contributed by atoms with E-state index in [1.807, 2.05) is 31.2 Å². The van der Waals surface area contributed by atoms with E-state index >= 15 is 0 Å². The van der Waals surface area contributed by atoms with Crippen molar-refractivity contribution in [2.75, 3.05) is 18.0 Å². The normalized spacial score (nSPS) is 10.1. The zero-order chi connectivity index (χ0) is 14.4. The Balaban J connectivity index is 2.34. The van der Waals surface area contributed by atoms with E-state index in [4.69, 9.17) is 5.73 Å². The first-order valence-corrected chi connectivity index (χ1v) is 6.61. The predicted molar refractivity (Wildman–Crippen MR) is 80.2 cm³/mol. The van der Waals surface area contributed by atoms with Gasteiger partial charge in [0.15, 0.2) is 0 Å². The summed E-state index contributed by atoms with van der Waals surface area (Å²) in [5, 5.41) is 9.33. The number of pyridine rings is 1. The van der Waals surface area contributed by atoms with Gasteiger partial charge >= 0.3 is 0 Å². The van der Waals surface area contributed by atoms with Crippen LogP contribution in [0.4, 0.5) is 5.82 Å². The summed E-state index contributed by atoms with van der Waals surface area (Å²) < 4.78 is 0. The summed E-state index contributed by atoms with van der Waals surface area (Å²) >= 11 is 0. The SMILES string of the molecule is Cc1ccnc(N(CCN)Cc2ccccc2)c1C#N. The van der Waals surface area contributed by atoms with Crippen molar-refractivity contribution in [1.82, 2.24) is 4.98 Å². The average molecular weight is 266 g/mol. The molecule has 0 bridgehead atoms. The smallest absolute Gasteiger partial charge is 0.147 e. The zero-order valence-corrected chi connectivity index (χ0v) is 11.6. The van der Waals surface area contributed by atoms with Crippen molar-refractivity contribution in [1.29, 1.82) is 5.26 Å². The topological polar surface area (TPSA) is 65.9 Å². The van der Waals surface area contributed by atoms with Gasteiger partial charge in [0.2, 0.25) is 0 Å². The first-order chi connectivity index (χ1) is 9.76. The Kier molecular flexibility index (Phi) is 4.70. The van der Waals surface area contributed by atoms with Gasteiger partial charge in [-0.1, -0.05) is 30.3 Å². The third-order valence-corrected chi connectivity index (χ3v) is 3.17. The van der Waals surface area contributed by atoms with E-state index < -0.39 is 0 Å². The molecule has 0 aliphatic carbocycles. The van der Waals surface area contributed by atoms with Crippen molar-refractivity contribution in [3.05, 3.63) is 59.3 Å². The number of nitrogens with two attached hydrogens (primary N) is 1. The largest absolute Gasteiger partial charge is 0.350 e. The van der Waals surface area contributed by atoms with E-state index in [9.17, 15) is 5.26 Å². The molecule has 4 nitrogen and oxygen atoms in total. The molecule has 20 heavy (non-hydrogen) atoms. The summed E-state index contributed by atoms with van der Waals surface area (Å²) in [6, 6.07) is 14.2. The van der Waals surface area contributed by atoms with Gasteiger partial charge in [-0.2, -0.15) is 5.26 Å². The van der Waals surface area contributed by atoms with Gasteiger partial charge in [-0.15, -0.1) is 0 Å². The van der Waals surface area contributed by atoms with Crippen molar-refractivity contribution < 1.29 is 0 Å². The van der Waals surface area contributed by atoms with Crippen LogP contribution in [-0.2, 0) is 6.54 Å². The molecular weight excluding hydrogens is 248 g/mol. The standard InChI is InChI=1S/C16H18N4/c1-13-7-9-19-16(15(13)11-18)20(10-8-17)12-14-5-3-2-4-6-14/h2-7,9H,8,10,12,17H2,1H3. The summed E-state index contributed by atoms with van der Waals surface area (Å²) in [5.74, 6) is 0.710. The fourth-order valence-corrected chi connectivity index (χ4v) is 2.14. The summed E-state index contributed by atoms with van der Waals surface area (Å²) in [5.41, 5.74) is 8.43. The molecule has 0 aliphatic heterocycles. The highest BCUT2D eigenvalue weighted by Gasteiger charge is 2.14. The van der Waals surface area contributed by atoms with E-state index in [2.05, 4.69) is 28.1 Å². The molecule has 2 aromatic rings. The molecule has 0 amide bonds. The fraction of sp³-hybridized carbons (Fsp3) is 0.250. The third-order valence-electron chi connectivity index (χ3n) is 3.17. The minimum absolute atomic E-state index is 0.521. The maximum Gasteiger partial charge on any atom is 0.147 e. The van der Waals surface area contributed by atoms with Crippen molar-refractivity contribution in [2.24, 2.45) is 5.73 Å². The van der Waals surface area contributed by atoms with E-state index in [1.54, 1.807) is 6.20 Å². The number of hydrogen-bond donors (Lipinski definition) is 1. The van der Waals surface area contributed by atoms with Gasteiger partial charge in [-0.3, -0.25) is 0 Å². The molecule has 4 heteroatoms. The molecule has 0 atom stereocenters. The molecule has 102 valence electrons. The molecule has 1 aromatic carbocycles. The number of benzene rings is 1. The quantitative estimate of drug-likeness (QED) is 0.901. The minimum atomic E-state index is 0.521. The first kappa shape index (κ1) is 14.0. The van der Waals surface area contributed by atoms with Crippen LogP contribution in [0.5, 0.6) is 0 Å². The number of nitrogens with zero attached hydrogens (tertiary/aromatic N) is 3. The summed E-state index contributed by atoms with van der Waals surface area (Å²) in [6.07, 6.45) is 1.74. The number of aromatic nitrogens is 1. The summed E-state index contributed by atoms with van der Waals surface area (Å²) in [6.45, 7) is 3.81. The molecule has 2 rings (SSSR count). The number of anilines is 1. The molecule has 2 N–H and O–H groups in total. The van der Waals surface area contributed by atoms with Crippen molar-refractivity contribution in [2.45, 2.75) is 13.5 Å². The predicted octanol–water partition coefficient (Wildman–Crippen LogP) is 2.23. The summed E-state index contributed by atoms with van der Waals surface area (Å²) in [7, 11) is 0. The molecule has 0 unspecified atom stereocenters. The van der Waals surface area contributed by atoms with Crippen molar-refractivity contribution >= 4 is 5.82 Å². The Labute approximate surface area is 119 Å². The molecule has 0 saturated heterocycles. The Bertz CT molecular complexity index is 602. The third kappa shape index (κ3) is 3.14. The number of rotatable bonds is 5. The van der Waals surface area contributed by atoms with Crippen molar-refractivity contribution in [3.8, 4) is 6.07 Å². The Morgan fingerprint density at radius 2 is 2.00 bits per heavy atom. The molecule has 0 aliphatic rings. The van der Waals surface area contributed by atoms with Crippen LogP contribution in [0, 0.1) is 18.3 Å². The van der Waals surface area contributed by atoms with Crippen LogP contribution in [-0.4, -0.2) is 18.1 Å². The van der Waals surface area contributed by atoms with Crippen molar-refractivity contribution in [3.63, 3.8) is 0 Å². The molecule has 0 fully saturated rings. The van der Waals surface area contributed by atoms with Crippen LogP contribution in [0.1, 0.15) is 16.7 Å². The van der Waals surface area contributed by atoms with Gasteiger partial charge in [-0.25, -0.2) is 4.98 Å². The number of hydrogen-bond acceptors (Lipinski definition) is 4. The minimum Gasteiger partial charge on any atom is -0.350 e. The molecule has 0 radical (unpaired) electrons. The van der Waals surface area contributed by atoms with Crippen LogP contribution in [0.3, 0.4) is 0 Å². The van der Waals surface area contributed by atoms with Crippen LogP contribution < -0.4 is 10.6 Å². The lowest BCUT2D eigenvalue weighted by molar-refractivity contribution is 0.773. The van der Waals surface area contributed by atoms with Crippen LogP contribution in [0.15, 0.2) is 42.6 Å². The maximum atomic E-state index is 9.33. The number of nitriles is 1. The van der Waals surface area contributed by atoms with Gasteiger partial charge in [0.05, 0.1) is 5.56 Å². The molecule has 0 spiro atoms.